The molecule has 0 amide bonds. The van der Waals surface area contributed by atoms with Crippen molar-refractivity contribution in [3.05, 3.63) is 58.7 Å². The fourth-order valence-electron chi connectivity index (χ4n) is 2.64. The first-order valence-corrected chi connectivity index (χ1v) is 8.44. The van der Waals surface area contributed by atoms with Gasteiger partial charge in [0, 0.05) is 11.3 Å². The standard InChI is InChI=1S/C20H18N6O2/c1-11-8-15(13(3)27)9-12(2)17(11)28-20-25-18(22)24-19(26-20)23-16-6-4-14(10-21)5-7-16/h4-9H,1-3H3,(H3,22,23,24,25,26). The zero-order valence-corrected chi connectivity index (χ0v) is 15.6. The average molecular weight is 374 g/mol. The molecular weight excluding hydrogens is 356 g/mol. The molecule has 140 valence electrons. The number of ether oxygens (including phenoxy) is 1. The number of rotatable bonds is 5. The molecule has 8 nitrogen and oxygen atoms in total. The molecule has 0 spiro atoms. The second-order valence-corrected chi connectivity index (χ2v) is 6.21. The largest absolute Gasteiger partial charge is 0.424 e. The van der Waals surface area contributed by atoms with Gasteiger partial charge in [0.25, 0.3) is 0 Å². The number of nitrogen functional groups attached to an aromatic ring is 1. The number of anilines is 3. The van der Waals surface area contributed by atoms with Crippen molar-refractivity contribution in [2.45, 2.75) is 20.8 Å². The number of hydrogen-bond acceptors (Lipinski definition) is 8. The average Bonchev–Trinajstić information content (AvgIpc) is 2.64. The third-order valence-corrected chi connectivity index (χ3v) is 3.96. The Morgan fingerprint density at radius 2 is 1.75 bits per heavy atom. The van der Waals surface area contributed by atoms with Crippen molar-refractivity contribution >= 4 is 23.4 Å². The van der Waals surface area contributed by atoms with E-state index in [1.54, 1.807) is 36.4 Å². The highest BCUT2D eigenvalue weighted by Gasteiger charge is 2.13. The molecule has 0 aliphatic heterocycles. The molecule has 1 heterocycles. The molecule has 0 radical (unpaired) electrons. The summed E-state index contributed by atoms with van der Waals surface area (Å²) in [5.41, 5.74) is 9.20. The van der Waals surface area contributed by atoms with Crippen molar-refractivity contribution in [1.29, 1.82) is 5.26 Å². The number of aromatic nitrogens is 3. The fourth-order valence-corrected chi connectivity index (χ4v) is 2.64. The first-order chi connectivity index (χ1) is 13.4. The first kappa shape index (κ1) is 18.8. The molecule has 0 saturated heterocycles. The maximum atomic E-state index is 11.6. The number of nitrogens with zero attached hydrogens (tertiary/aromatic N) is 4. The van der Waals surface area contributed by atoms with Gasteiger partial charge in [0.1, 0.15) is 5.75 Å². The lowest BCUT2D eigenvalue weighted by Crippen LogP contribution is -2.06. The smallest absolute Gasteiger partial charge is 0.328 e. The van der Waals surface area contributed by atoms with Crippen molar-refractivity contribution in [3.8, 4) is 17.8 Å². The summed E-state index contributed by atoms with van der Waals surface area (Å²) in [4.78, 5) is 23.9. The summed E-state index contributed by atoms with van der Waals surface area (Å²) in [5.74, 6) is 0.746. The molecule has 0 bridgehead atoms. The van der Waals surface area contributed by atoms with Gasteiger partial charge in [0.05, 0.1) is 11.6 Å². The molecule has 0 saturated carbocycles. The van der Waals surface area contributed by atoms with E-state index in [-0.39, 0.29) is 23.7 Å². The number of carbonyl (C=O) groups is 1. The number of Topliss-reactive ketones (excluding diaryl/α,β-unsaturated/α-hetero) is 1. The first-order valence-electron chi connectivity index (χ1n) is 8.44. The molecule has 0 unspecified atom stereocenters. The van der Waals surface area contributed by atoms with E-state index in [0.29, 0.717) is 22.6 Å². The topological polar surface area (TPSA) is 127 Å². The second kappa shape index (κ2) is 7.72. The van der Waals surface area contributed by atoms with E-state index < -0.39 is 0 Å². The van der Waals surface area contributed by atoms with Crippen molar-refractivity contribution in [2.24, 2.45) is 0 Å². The van der Waals surface area contributed by atoms with Gasteiger partial charge in [-0.1, -0.05) is 0 Å². The van der Waals surface area contributed by atoms with Gasteiger partial charge < -0.3 is 15.8 Å². The van der Waals surface area contributed by atoms with E-state index in [0.717, 1.165) is 11.1 Å². The summed E-state index contributed by atoms with van der Waals surface area (Å²) < 4.78 is 5.83. The van der Waals surface area contributed by atoms with E-state index in [2.05, 4.69) is 26.3 Å². The van der Waals surface area contributed by atoms with Crippen LogP contribution in [0.2, 0.25) is 0 Å². The molecule has 2 aromatic carbocycles. The van der Waals surface area contributed by atoms with Crippen LogP contribution in [0.1, 0.15) is 34.0 Å². The van der Waals surface area contributed by atoms with Gasteiger partial charge >= 0.3 is 6.01 Å². The fraction of sp³-hybridized carbons (Fsp3) is 0.150. The Bertz CT molecular complexity index is 1060. The zero-order chi connectivity index (χ0) is 20.3. The van der Waals surface area contributed by atoms with Crippen LogP contribution < -0.4 is 15.8 Å². The maximum absolute atomic E-state index is 11.6. The number of aryl methyl sites for hydroxylation is 2. The Kier molecular flexibility index (Phi) is 5.18. The minimum absolute atomic E-state index is 0.00296. The number of nitrogens with one attached hydrogen (secondary N) is 1. The monoisotopic (exact) mass is 374 g/mol. The molecule has 3 rings (SSSR count). The Morgan fingerprint density at radius 3 is 2.32 bits per heavy atom. The molecule has 0 aliphatic carbocycles. The van der Waals surface area contributed by atoms with Crippen LogP contribution in [-0.4, -0.2) is 20.7 Å². The minimum Gasteiger partial charge on any atom is -0.424 e. The van der Waals surface area contributed by atoms with Crippen LogP contribution in [0.5, 0.6) is 11.8 Å². The lowest BCUT2D eigenvalue weighted by molar-refractivity contribution is 0.101. The number of ketones is 1. The Hall–Kier alpha value is -3.99. The molecule has 0 aliphatic rings. The molecule has 3 aromatic rings. The Balaban J connectivity index is 1.87. The van der Waals surface area contributed by atoms with Crippen LogP contribution in [0.15, 0.2) is 36.4 Å². The molecule has 3 N–H and O–H groups in total. The number of nitrogens with two attached hydrogens (primary N) is 1. The molecular formula is C20H18N6O2. The van der Waals surface area contributed by atoms with Crippen LogP contribution in [0.4, 0.5) is 17.6 Å². The highest BCUT2D eigenvalue weighted by atomic mass is 16.5. The van der Waals surface area contributed by atoms with Crippen LogP contribution >= 0.6 is 0 Å². The predicted octanol–water partition coefficient (Wildman–Crippen LogP) is 3.68. The zero-order valence-electron chi connectivity index (χ0n) is 15.6. The van der Waals surface area contributed by atoms with Crippen LogP contribution in [0, 0.1) is 25.2 Å². The molecule has 8 heteroatoms. The Labute approximate surface area is 162 Å². The van der Waals surface area contributed by atoms with Gasteiger partial charge in [0.2, 0.25) is 11.9 Å². The number of carbonyl (C=O) groups excluding carboxylic acids is 1. The van der Waals surface area contributed by atoms with Gasteiger partial charge in [-0.05, 0) is 68.3 Å². The third kappa shape index (κ3) is 4.22. The van der Waals surface area contributed by atoms with Gasteiger partial charge in [-0.2, -0.15) is 20.2 Å². The molecule has 28 heavy (non-hydrogen) atoms. The number of benzene rings is 2. The Morgan fingerprint density at radius 1 is 1.11 bits per heavy atom. The van der Waals surface area contributed by atoms with Gasteiger partial charge in [-0.15, -0.1) is 0 Å². The predicted molar refractivity (Wildman–Crippen MR) is 105 cm³/mol. The van der Waals surface area contributed by atoms with Crippen LogP contribution in [-0.2, 0) is 0 Å². The molecule has 1 aromatic heterocycles. The summed E-state index contributed by atoms with van der Waals surface area (Å²) in [6.45, 7) is 5.20. The minimum atomic E-state index is -0.0175. The summed E-state index contributed by atoms with van der Waals surface area (Å²) in [5, 5.41) is 11.9. The third-order valence-electron chi connectivity index (χ3n) is 3.96. The van der Waals surface area contributed by atoms with Crippen LogP contribution in [0.3, 0.4) is 0 Å². The lowest BCUT2D eigenvalue weighted by Gasteiger charge is -2.13. The highest BCUT2D eigenvalue weighted by Crippen LogP contribution is 2.29. The van der Waals surface area contributed by atoms with E-state index in [9.17, 15) is 4.79 Å². The van der Waals surface area contributed by atoms with Gasteiger partial charge in [0.15, 0.2) is 5.78 Å². The van der Waals surface area contributed by atoms with Gasteiger partial charge in [-0.25, -0.2) is 0 Å². The summed E-state index contributed by atoms with van der Waals surface area (Å²) >= 11 is 0. The van der Waals surface area contributed by atoms with Gasteiger partial charge in [-0.3, -0.25) is 4.79 Å². The highest BCUT2D eigenvalue weighted by molar-refractivity contribution is 5.94. The lowest BCUT2D eigenvalue weighted by atomic mass is 10.0. The summed E-state index contributed by atoms with van der Waals surface area (Å²) in [7, 11) is 0. The SMILES string of the molecule is CC(=O)c1cc(C)c(Oc2nc(N)nc(Nc3ccc(C#N)cc3)n2)c(C)c1. The van der Waals surface area contributed by atoms with Crippen LogP contribution in [0.25, 0.3) is 0 Å². The van der Waals surface area contributed by atoms with E-state index >= 15 is 0 Å². The van der Waals surface area contributed by atoms with Crippen molar-refractivity contribution in [1.82, 2.24) is 15.0 Å². The summed E-state index contributed by atoms with van der Waals surface area (Å²) in [6.07, 6.45) is 0. The van der Waals surface area contributed by atoms with E-state index in [1.807, 2.05) is 13.8 Å². The quantitative estimate of drug-likeness (QED) is 0.647. The maximum Gasteiger partial charge on any atom is 0.328 e. The van der Waals surface area contributed by atoms with E-state index in [1.165, 1.54) is 6.92 Å². The normalized spacial score (nSPS) is 10.2. The summed E-state index contributed by atoms with van der Waals surface area (Å²) in [6, 6.07) is 12.4. The number of hydrogen-bond donors (Lipinski definition) is 2. The number of nitriles is 1. The molecule has 0 atom stereocenters. The van der Waals surface area contributed by atoms with Crippen molar-refractivity contribution in [2.75, 3.05) is 11.1 Å². The van der Waals surface area contributed by atoms with Crippen molar-refractivity contribution in [3.63, 3.8) is 0 Å². The van der Waals surface area contributed by atoms with E-state index in [4.69, 9.17) is 15.7 Å². The second-order valence-electron chi connectivity index (χ2n) is 6.21. The van der Waals surface area contributed by atoms with Crippen molar-refractivity contribution < 1.29 is 9.53 Å². The molecule has 0 fully saturated rings.